The number of likely N-dealkylation sites (N-methyl/N-ethyl adjacent to an activating group) is 1. The zero-order valence-corrected chi connectivity index (χ0v) is 12.3. The van der Waals surface area contributed by atoms with Crippen LogP contribution in [0.5, 0.6) is 0 Å². The second kappa shape index (κ2) is 6.75. The molecule has 1 atom stereocenters. The van der Waals surface area contributed by atoms with Gasteiger partial charge in [0.25, 0.3) is 5.91 Å². The molecule has 0 aromatic heterocycles. The molecular weight excluding hydrogens is 276 g/mol. The maximum Gasteiger partial charge on any atom is 0.254 e. The zero-order valence-electron chi connectivity index (χ0n) is 11.6. The molecule has 1 aromatic carbocycles. The molecule has 2 amide bonds. The highest BCUT2D eigenvalue weighted by Crippen LogP contribution is 2.20. The predicted molar refractivity (Wildman–Crippen MR) is 78.7 cm³/mol. The first-order valence-corrected chi connectivity index (χ1v) is 7.38. The van der Waals surface area contributed by atoms with Crippen molar-refractivity contribution in [2.24, 2.45) is 0 Å². The molecule has 20 heavy (non-hydrogen) atoms. The molecule has 0 saturated carbocycles. The van der Waals surface area contributed by atoms with Crippen LogP contribution in [-0.4, -0.2) is 36.3 Å². The molecule has 0 spiro atoms. The Labute approximate surface area is 124 Å². The summed E-state index contributed by atoms with van der Waals surface area (Å²) in [5.74, 6) is 0.191. The van der Waals surface area contributed by atoms with E-state index in [0.29, 0.717) is 18.0 Å². The summed E-state index contributed by atoms with van der Waals surface area (Å²) in [6.45, 7) is 0.627. The molecule has 1 N–H and O–H groups in total. The van der Waals surface area contributed by atoms with Gasteiger partial charge < -0.3 is 10.2 Å². The van der Waals surface area contributed by atoms with Crippen LogP contribution in [0.1, 0.15) is 35.2 Å². The molecule has 1 heterocycles. The van der Waals surface area contributed by atoms with Crippen molar-refractivity contribution in [3.05, 3.63) is 35.4 Å². The van der Waals surface area contributed by atoms with Crippen LogP contribution in [0.2, 0.25) is 0 Å². The molecule has 1 fully saturated rings. The highest BCUT2D eigenvalue weighted by atomic mass is 35.5. The SMILES string of the molecule is CNC(=O)C1CCCCN1C(=O)c1cccc(CCl)c1. The van der Waals surface area contributed by atoms with Crippen molar-refractivity contribution >= 4 is 23.4 Å². The van der Waals surface area contributed by atoms with Crippen LogP contribution in [0.15, 0.2) is 24.3 Å². The lowest BCUT2D eigenvalue weighted by molar-refractivity contribution is -0.126. The van der Waals surface area contributed by atoms with Gasteiger partial charge >= 0.3 is 0 Å². The number of hydrogen-bond acceptors (Lipinski definition) is 2. The number of piperidine rings is 1. The summed E-state index contributed by atoms with van der Waals surface area (Å²) in [5, 5.41) is 2.64. The smallest absolute Gasteiger partial charge is 0.254 e. The van der Waals surface area contributed by atoms with E-state index in [9.17, 15) is 9.59 Å². The topological polar surface area (TPSA) is 49.4 Å². The van der Waals surface area contributed by atoms with Crippen molar-refractivity contribution in [2.45, 2.75) is 31.2 Å². The lowest BCUT2D eigenvalue weighted by atomic mass is 9.99. The first-order chi connectivity index (χ1) is 9.67. The van der Waals surface area contributed by atoms with Gasteiger partial charge in [-0.1, -0.05) is 12.1 Å². The fraction of sp³-hybridized carbons (Fsp3) is 0.467. The lowest BCUT2D eigenvalue weighted by Gasteiger charge is -2.34. The van der Waals surface area contributed by atoms with E-state index in [2.05, 4.69) is 5.32 Å². The van der Waals surface area contributed by atoms with Crippen molar-refractivity contribution in [2.75, 3.05) is 13.6 Å². The number of carbonyl (C=O) groups excluding carboxylic acids is 2. The Morgan fingerprint density at radius 3 is 2.90 bits per heavy atom. The average Bonchev–Trinajstić information content (AvgIpc) is 2.53. The number of halogens is 1. The summed E-state index contributed by atoms with van der Waals surface area (Å²) in [6, 6.07) is 6.92. The summed E-state index contributed by atoms with van der Waals surface area (Å²) in [6.07, 6.45) is 2.64. The first kappa shape index (κ1) is 14.9. The molecule has 1 aromatic rings. The number of nitrogens with one attached hydrogen (secondary N) is 1. The Balaban J connectivity index is 2.22. The van der Waals surface area contributed by atoms with E-state index in [4.69, 9.17) is 11.6 Å². The number of hydrogen-bond donors (Lipinski definition) is 1. The molecular formula is C15H19ClN2O2. The maximum absolute atomic E-state index is 12.6. The Bertz CT molecular complexity index is 504. The fourth-order valence-electron chi connectivity index (χ4n) is 2.57. The number of carbonyl (C=O) groups is 2. The van der Waals surface area contributed by atoms with Crippen molar-refractivity contribution in [3.63, 3.8) is 0 Å². The number of rotatable bonds is 3. The fourth-order valence-corrected chi connectivity index (χ4v) is 2.73. The molecule has 5 heteroatoms. The zero-order chi connectivity index (χ0) is 14.5. The van der Waals surface area contributed by atoms with Crippen molar-refractivity contribution in [1.29, 1.82) is 0 Å². The second-order valence-electron chi connectivity index (χ2n) is 4.96. The number of alkyl halides is 1. The van der Waals surface area contributed by atoms with Crippen LogP contribution in [0.25, 0.3) is 0 Å². The van der Waals surface area contributed by atoms with E-state index < -0.39 is 0 Å². The van der Waals surface area contributed by atoms with Crippen LogP contribution < -0.4 is 5.32 Å². The second-order valence-corrected chi connectivity index (χ2v) is 5.23. The van der Waals surface area contributed by atoms with Gasteiger partial charge in [-0.3, -0.25) is 9.59 Å². The molecule has 4 nitrogen and oxygen atoms in total. The van der Waals surface area contributed by atoms with Gasteiger partial charge in [0.2, 0.25) is 5.91 Å². The highest BCUT2D eigenvalue weighted by Gasteiger charge is 2.31. The monoisotopic (exact) mass is 294 g/mol. The first-order valence-electron chi connectivity index (χ1n) is 6.85. The molecule has 2 rings (SSSR count). The standard InChI is InChI=1S/C15H19ClN2O2/c1-17-14(19)13-7-2-3-8-18(13)15(20)12-6-4-5-11(9-12)10-16/h4-6,9,13H,2-3,7-8,10H2,1H3,(H,17,19). The summed E-state index contributed by atoms with van der Waals surface area (Å²) in [4.78, 5) is 26.2. The van der Waals surface area contributed by atoms with E-state index in [1.54, 1.807) is 24.1 Å². The van der Waals surface area contributed by atoms with Crippen molar-refractivity contribution < 1.29 is 9.59 Å². The molecule has 1 aliphatic heterocycles. The molecule has 0 bridgehead atoms. The van der Waals surface area contributed by atoms with E-state index in [0.717, 1.165) is 24.8 Å². The molecule has 1 unspecified atom stereocenters. The van der Waals surface area contributed by atoms with E-state index in [1.165, 1.54) is 0 Å². The van der Waals surface area contributed by atoms with Gasteiger partial charge in [0.1, 0.15) is 6.04 Å². The van der Waals surface area contributed by atoms with Crippen LogP contribution in [0.3, 0.4) is 0 Å². The van der Waals surface area contributed by atoms with E-state index >= 15 is 0 Å². The van der Waals surface area contributed by atoms with Crippen molar-refractivity contribution in [3.8, 4) is 0 Å². The van der Waals surface area contributed by atoms with Crippen LogP contribution in [0, 0.1) is 0 Å². The van der Waals surface area contributed by atoms with Gasteiger partial charge in [0.15, 0.2) is 0 Å². The summed E-state index contributed by atoms with van der Waals surface area (Å²) >= 11 is 5.80. The normalized spacial score (nSPS) is 18.7. The van der Waals surface area contributed by atoms with Gasteiger partial charge in [-0.25, -0.2) is 0 Å². The summed E-state index contributed by atoms with van der Waals surface area (Å²) < 4.78 is 0. The van der Waals surface area contributed by atoms with Crippen molar-refractivity contribution in [1.82, 2.24) is 10.2 Å². The van der Waals surface area contributed by atoms with Gasteiger partial charge in [0.05, 0.1) is 0 Å². The van der Waals surface area contributed by atoms with Gasteiger partial charge in [-0.15, -0.1) is 11.6 Å². The largest absolute Gasteiger partial charge is 0.357 e. The lowest BCUT2D eigenvalue weighted by Crippen LogP contribution is -2.51. The minimum Gasteiger partial charge on any atom is -0.357 e. The predicted octanol–water partition coefficient (Wildman–Crippen LogP) is 2.17. The number of amides is 2. The molecule has 108 valence electrons. The molecule has 0 aliphatic carbocycles. The average molecular weight is 295 g/mol. The third-order valence-corrected chi connectivity index (χ3v) is 3.95. The Hall–Kier alpha value is -1.55. The summed E-state index contributed by atoms with van der Waals surface area (Å²) in [5.41, 5.74) is 1.50. The van der Waals surface area contributed by atoms with Gasteiger partial charge in [-0.05, 0) is 37.0 Å². The van der Waals surface area contributed by atoms with E-state index in [1.807, 2.05) is 12.1 Å². The Morgan fingerprint density at radius 1 is 1.40 bits per heavy atom. The van der Waals surface area contributed by atoms with Gasteiger partial charge in [-0.2, -0.15) is 0 Å². The Kier molecular flexibility index (Phi) is 5.01. The molecule has 1 aliphatic rings. The van der Waals surface area contributed by atoms with Crippen LogP contribution in [0.4, 0.5) is 0 Å². The number of benzene rings is 1. The maximum atomic E-state index is 12.6. The quantitative estimate of drug-likeness (QED) is 0.869. The third kappa shape index (κ3) is 3.12. The van der Waals surface area contributed by atoms with Gasteiger partial charge in [0, 0.05) is 25.0 Å². The van der Waals surface area contributed by atoms with Crippen LogP contribution >= 0.6 is 11.6 Å². The van der Waals surface area contributed by atoms with Crippen LogP contribution in [-0.2, 0) is 10.7 Å². The molecule has 0 radical (unpaired) electrons. The number of likely N-dealkylation sites (tertiary alicyclic amines) is 1. The Morgan fingerprint density at radius 2 is 2.20 bits per heavy atom. The minimum atomic E-state index is -0.360. The summed E-state index contributed by atoms with van der Waals surface area (Å²) in [7, 11) is 1.60. The third-order valence-electron chi connectivity index (χ3n) is 3.64. The highest BCUT2D eigenvalue weighted by molar-refractivity contribution is 6.17. The minimum absolute atomic E-state index is 0.0912. The van der Waals surface area contributed by atoms with E-state index in [-0.39, 0.29) is 17.9 Å². The molecule has 1 saturated heterocycles. The number of nitrogens with zero attached hydrogens (tertiary/aromatic N) is 1.